The molecule has 0 bridgehead atoms. The number of nitrogens with two attached hydrogens (primary N) is 1. The fourth-order valence-electron chi connectivity index (χ4n) is 2.12. The summed E-state index contributed by atoms with van der Waals surface area (Å²) in [4.78, 5) is 15.1. The second-order valence-electron chi connectivity index (χ2n) is 4.53. The van der Waals surface area contributed by atoms with Gasteiger partial charge >= 0.3 is 0 Å². The maximum Gasteiger partial charge on any atom is 0.192 e. The predicted octanol–water partition coefficient (Wildman–Crippen LogP) is 2.59. The van der Waals surface area contributed by atoms with Crippen LogP contribution in [0.2, 0.25) is 0 Å². The molecule has 0 saturated carbocycles. The molecule has 5 heteroatoms. The average molecular weight is 267 g/mol. The first kappa shape index (κ1) is 12.2. The van der Waals surface area contributed by atoms with Crippen LogP contribution in [0.4, 0.5) is 5.82 Å². The van der Waals surface area contributed by atoms with Gasteiger partial charge in [0.25, 0.3) is 0 Å². The topological polar surface area (TPSA) is 84.9 Å². The Morgan fingerprint density at radius 3 is 2.70 bits per heavy atom. The van der Waals surface area contributed by atoms with Gasteiger partial charge in [0.15, 0.2) is 17.0 Å². The Kier molecular flexibility index (Phi) is 2.87. The zero-order valence-electron chi connectivity index (χ0n) is 10.9. The maximum atomic E-state index is 12.1. The smallest absolute Gasteiger partial charge is 0.192 e. The molecule has 0 aliphatic heterocycles. The van der Waals surface area contributed by atoms with Crippen molar-refractivity contribution < 1.29 is 4.52 Å². The first-order valence-corrected chi connectivity index (χ1v) is 6.17. The predicted molar refractivity (Wildman–Crippen MR) is 77.1 cm³/mol. The second-order valence-corrected chi connectivity index (χ2v) is 4.53. The highest BCUT2D eigenvalue weighted by Gasteiger charge is 2.19. The lowest BCUT2D eigenvalue weighted by Crippen LogP contribution is -2.05. The summed E-state index contributed by atoms with van der Waals surface area (Å²) in [6.07, 6.45) is 1.62. The minimum atomic E-state index is -0.130. The van der Waals surface area contributed by atoms with Gasteiger partial charge in [0, 0.05) is 18.0 Å². The Morgan fingerprint density at radius 2 is 2.00 bits per heavy atom. The van der Waals surface area contributed by atoms with E-state index in [2.05, 4.69) is 10.1 Å². The number of aromatic amines is 1. The van der Waals surface area contributed by atoms with Crippen LogP contribution in [0.3, 0.4) is 0 Å². The van der Waals surface area contributed by atoms with Crippen LogP contribution in [0.5, 0.6) is 0 Å². The third kappa shape index (κ3) is 1.99. The maximum absolute atomic E-state index is 12.1. The molecular weight excluding hydrogens is 254 g/mol. The van der Waals surface area contributed by atoms with E-state index in [1.807, 2.05) is 37.3 Å². The molecule has 5 nitrogen and oxygen atoms in total. The van der Waals surface area contributed by atoms with E-state index in [0.717, 1.165) is 11.3 Å². The van der Waals surface area contributed by atoms with Crippen LogP contribution in [0.1, 0.15) is 5.69 Å². The van der Waals surface area contributed by atoms with Crippen molar-refractivity contribution in [2.24, 2.45) is 0 Å². The number of aryl methyl sites for hydroxylation is 1. The van der Waals surface area contributed by atoms with E-state index in [1.165, 1.54) is 6.07 Å². The van der Waals surface area contributed by atoms with Crippen LogP contribution in [0, 0.1) is 6.92 Å². The van der Waals surface area contributed by atoms with Crippen LogP contribution in [0.15, 0.2) is 51.9 Å². The summed E-state index contributed by atoms with van der Waals surface area (Å²) in [6, 6.07) is 11.0. The van der Waals surface area contributed by atoms with Gasteiger partial charge in [-0.2, -0.15) is 0 Å². The molecule has 1 aromatic carbocycles. The van der Waals surface area contributed by atoms with E-state index in [4.69, 9.17) is 10.3 Å². The number of nitrogen functional groups attached to an aromatic ring is 1. The minimum Gasteiger partial charge on any atom is -0.380 e. The summed E-state index contributed by atoms with van der Waals surface area (Å²) in [6.45, 7) is 1.82. The summed E-state index contributed by atoms with van der Waals surface area (Å²) in [5.41, 5.74) is 8.44. The molecule has 3 aromatic rings. The number of nitrogens with zero attached hydrogens (tertiary/aromatic N) is 1. The Bertz CT molecular complexity index is 803. The second kappa shape index (κ2) is 4.70. The van der Waals surface area contributed by atoms with Crippen molar-refractivity contribution in [1.82, 2.24) is 10.1 Å². The standard InChI is InChI=1S/C15H13N3O2/c1-9-7-12(19)11(8-17-9)14-13(15(16)18-20-14)10-5-3-2-4-6-10/h2-8H,1H3,(H2,16,18)(H,17,19). The van der Waals surface area contributed by atoms with E-state index >= 15 is 0 Å². The molecule has 2 heterocycles. The van der Waals surface area contributed by atoms with Crippen molar-refractivity contribution in [3.63, 3.8) is 0 Å². The highest BCUT2D eigenvalue weighted by molar-refractivity contribution is 5.86. The minimum absolute atomic E-state index is 0.130. The van der Waals surface area contributed by atoms with Crippen LogP contribution in [-0.4, -0.2) is 10.1 Å². The molecule has 0 fully saturated rings. The summed E-state index contributed by atoms with van der Waals surface area (Å²) in [7, 11) is 0. The molecule has 0 spiro atoms. The molecule has 0 amide bonds. The molecule has 2 aromatic heterocycles. The molecular formula is C15H13N3O2. The van der Waals surface area contributed by atoms with Crippen molar-refractivity contribution >= 4 is 5.82 Å². The Labute approximate surface area is 115 Å². The third-order valence-corrected chi connectivity index (χ3v) is 3.08. The van der Waals surface area contributed by atoms with E-state index in [0.29, 0.717) is 16.9 Å². The van der Waals surface area contributed by atoms with Crippen molar-refractivity contribution in [1.29, 1.82) is 0 Å². The van der Waals surface area contributed by atoms with Gasteiger partial charge in [0.1, 0.15) is 0 Å². The molecule has 100 valence electrons. The fraction of sp³-hybridized carbons (Fsp3) is 0.0667. The first-order chi connectivity index (χ1) is 9.66. The molecule has 0 atom stereocenters. The first-order valence-electron chi connectivity index (χ1n) is 6.17. The van der Waals surface area contributed by atoms with Crippen LogP contribution in [0.25, 0.3) is 22.5 Å². The van der Waals surface area contributed by atoms with Gasteiger partial charge in [0.2, 0.25) is 0 Å². The lowest BCUT2D eigenvalue weighted by molar-refractivity contribution is 0.435. The summed E-state index contributed by atoms with van der Waals surface area (Å²) in [5, 5.41) is 3.78. The van der Waals surface area contributed by atoms with Gasteiger partial charge in [-0.05, 0) is 12.5 Å². The lowest BCUT2D eigenvalue weighted by atomic mass is 10.0. The van der Waals surface area contributed by atoms with E-state index in [9.17, 15) is 4.79 Å². The monoisotopic (exact) mass is 267 g/mol. The van der Waals surface area contributed by atoms with Gasteiger partial charge in [-0.15, -0.1) is 0 Å². The molecule has 3 rings (SSSR count). The zero-order valence-corrected chi connectivity index (χ0v) is 10.9. The number of nitrogens with one attached hydrogen (secondary N) is 1. The fourth-order valence-corrected chi connectivity index (χ4v) is 2.12. The SMILES string of the molecule is Cc1cc(=O)c(-c2onc(N)c2-c2ccccc2)c[nH]1. The number of hydrogen-bond acceptors (Lipinski definition) is 4. The van der Waals surface area contributed by atoms with E-state index in [-0.39, 0.29) is 11.2 Å². The average Bonchev–Trinajstić information content (AvgIpc) is 2.81. The molecule has 0 unspecified atom stereocenters. The molecule has 3 N–H and O–H groups in total. The highest BCUT2D eigenvalue weighted by Crippen LogP contribution is 2.34. The Hall–Kier alpha value is -2.82. The lowest BCUT2D eigenvalue weighted by Gasteiger charge is -2.02. The van der Waals surface area contributed by atoms with Gasteiger partial charge in [-0.1, -0.05) is 35.5 Å². The highest BCUT2D eigenvalue weighted by atomic mass is 16.5. The molecule has 0 aliphatic rings. The number of H-pyrrole nitrogens is 1. The van der Waals surface area contributed by atoms with Crippen molar-refractivity contribution in [2.45, 2.75) is 6.92 Å². The van der Waals surface area contributed by atoms with Crippen LogP contribution >= 0.6 is 0 Å². The Morgan fingerprint density at radius 1 is 1.25 bits per heavy atom. The number of rotatable bonds is 2. The number of anilines is 1. The zero-order chi connectivity index (χ0) is 14.1. The Balaban J connectivity index is 2.24. The van der Waals surface area contributed by atoms with Gasteiger partial charge in [-0.3, -0.25) is 4.79 Å². The van der Waals surface area contributed by atoms with Gasteiger partial charge in [0.05, 0.1) is 11.1 Å². The van der Waals surface area contributed by atoms with Crippen molar-refractivity contribution in [2.75, 3.05) is 5.73 Å². The van der Waals surface area contributed by atoms with Gasteiger partial charge in [-0.25, -0.2) is 0 Å². The van der Waals surface area contributed by atoms with E-state index < -0.39 is 0 Å². The van der Waals surface area contributed by atoms with Gasteiger partial charge < -0.3 is 15.2 Å². The molecule has 0 saturated heterocycles. The third-order valence-electron chi connectivity index (χ3n) is 3.08. The van der Waals surface area contributed by atoms with Crippen molar-refractivity contribution in [3.8, 4) is 22.5 Å². The van der Waals surface area contributed by atoms with Crippen LogP contribution < -0.4 is 11.2 Å². The number of benzene rings is 1. The summed E-state index contributed by atoms with van der Waals surface area (Å²) in [5.74, 6) is 0.654. The van der Waals surface area contributed by atoms with E-state index in [1.54, 1.807) is 6.20 Å². The number of hydrogen-bond donors (Lipinski definition) is 2. The largest absolute Gasteiger partial charge is 0.380 e. The number of pyridine rings is 1. The normalized spacial score (nSPS) is 10.7. The van der Waals surface area contributed by atoms with Crippen molar-refractivity contribution in [3.05, 3.63) is 58.5 Å². The summed E-state index contributed by atoms with van der Waals surface area (Å²) >= 11 is 0. The quantitative estimate of drug-likeness (QED) is 0.747. The molecule has 0 radical (unpaired) electrons. The number of aromatic nitrogens is 2. The molecule has 0 aliphatic carbocycles. The molecule has 20 heavy (non-hydrogen) atoms. The summed E-state index contributed by atoms with van der Waals surface area (Å²) < 4.78 is 5.26. The van der Waals surface area contributed by atoms with Crippen LogP contribution in [-0.2, 0) is 0 Å².